The van der Waals surface area contributed by atoms with Gasteiger partial charge in [0.15, 0.2) is 0 Å². The van der Waals surface area contributed by atoms with Crippen LogP contribution < -0.4 is 11.1 Å². The van der Waals surface area contributed by atoms with Crippen molar-refractivity contribution < 1.29 is 4.79 Å². The second kappa shape index (κ2) is 6.10. The number of nitrogens with two attached hydrogens (primary N) is 1. The highest BCUT2D eigenvalue weighted by Crippen LogP contribution is 2.16. The number of nitrogen functional groups attached to an aromatic ring is 1. The van der Waals surface area contributed by atoms with Crippen molar-refractivity contribution in [2.24, 2.45) is 0 Å². The van der Waals surface area contributed by atoms with E-state index in [2.05, 4.69) is 20.5 Å². The number of aromatic nitrogens is 3. The lowest BCUT2D eigenvalue weighted by Gasteiger charge is -2.09. The van der Waals surface area contributed by atoms with Crippen LogP contribution in [0.25, 0.3) is 0 Å². The van der Waals surface area contributed by atoms with E-state index in [1.54, 1.807) is 30.5 Å². The normalized spacial score (nSPS) is 10.6. The van der Waals surface area contributed by atoms with E-state index in [1.165, 1.54) is 0 Å². The van der Waals surface area contributed by atoms with Gasteiger partial charge in [0.1, 0.15) is 5.82 Å². The Labute approximate surface area is 117 Å². The number of anilines is 1. The van der Waals surface area contributed by atoms with Crippen molar-refractivity contribution in [2.75, 3.05) is 5.73 Å². The van der Waals surface area contributed by atoms with Gasteiger partial charge in [-0.1, -0.05) is 13.8 Å². The van der Waals surface area contributed by atoms with Crippen LogP contribution in [0.2, 0.25) is 0 Å². The lowest BCUT2D eigenvalue weighted by molar-refractivity contribution is 0.0950. The summed E-state index contributed by atoms with van der Waals surface area (Å²) in [6.07, 6.45) is 1.59. The molecule has 0 aromatic carbocycles. The fraction of sp³-hybridized carbons (Fsp3) is 0.286. The Morgan fingerprint density at radius 3 is 2.85 bits per heavy atom. The zero-order valence-electron chi connectivity index (χ0n) is 11.5. The third-order valence-corrected chi connectivity index (χ3v) is 2.78. The molecule has 0 fully saturated rings. The van der Waals surface area contributed by atoms with Crippen molar-refractivity contribution in [3.63, 3.8) is 0 Å². The first-order valence-corrected chi connectivity index (χ1v) is 6.38. The fourth-order valence-electron chi connectivity index (χ4n) is 1.70. The van der Waals surface area contributed by atoms with Gasteiger partial charge in [-0.2, -0.15) is 10.2 Å². The molecule has 0 spiro atoms. The van der Waals surface area contributed by atoms with E-state index in [-0.39, 0.29) is 11.8 Å². The molecular weight excluding hydrogens is 254 g/mol. The van der Waals surface area contributed by atoms with E-state index in [0.717, 1.165) is 5.69 Å². The zero-order chi connectivity index (χ0) is 14.5. The number of pyridine rings is 1. The van der Waals surface area contributed by atoms with Gasteiger partial charge >= 0.3 is 0 Å². The molecular formula is C14H17N5O. The molecule has 0 aliphatic carbocycles. The van der Waals surface area contributed by atoms with Crippen LogP contribution in [0.5, 0.6) is 0 Å². The molecule has 0 unspecified atom stereocenters. The van der Waals surface area contributed by atoms with Crippen LogP contribution in [0.15, 0.2) is 30.5 Å². The topological polar surface area (TPSA) is 93.8 Å². The van der Waals surface area contributed by atoms with Crippen LogP contribution in [0.1, 0.15) is 41.5 Å². The zero-order valence-corrected chi connectivity index (χ0v) is 11.5. The SMILES string of the molecule is CC(C)c1cc(C(=O)NCc2cccnn2)cc(N)n1. The van der Waals surface area contributed by atoms with E-state index < -0.39 is 0 Å². The standard InChI is InChI=1S/C14H17N5O/c1-9(2)12-6-10(7-13(15)18-12)14(20)16-8-11-4-3-5-17-19-11/h3-7,9H,8H2,1-2H3,(H2,15,18)(H,16,20). The third-order valence-electron chi connectivity index (χ3n) is 2.78. The molecule has 0 aliphatic rings. The molecule has 20 heavy (non-hydrogen) atoms. The Kier molecular flexibility index (Phi) is 4.24. The number of nitrogens with zero attached hydrogens (tertiary/aromatic N) is 3. The molecule has 2 heterocycles. The molecule has 104 valence electrons. The maximum atomic E-state index is 12.1. The van der Waals surface area contributed by atoms with Crippen molar-refractivity contribution in [3.05, 3.63) is 47.4 Å². The molecule has 0 atom stereocenters. The lowest BCUT2D eigenvalue weighted by atomic mass is 10.1. The molecule has 6 heteroatoms. The van der Waals surface area contributed by atoms with Crippen LogP contribution in [0.4, 0.5) is 5.82 Å². The molecule has 2 aromatic heterocycles. The minimum Gasteiger partial charge on any atom is -0.384 e. The van der Waals surface area contributed by atoms with Gasteiger partial charge in [-0.15, -0.1) is 0 Å². The average molecular weight is 271 g/mol. The summed E-state index contributed by atoms with van der Waals surface area (Å²) in [5.74, 6) is 0.359. The Hall–Kier alpha value is -2.50. The van der Waals surface area contributed by atoms with Gasteiger partial charge in [-0.3, -0.25) is 4.79 Å². The van der Waals surface area contributed by atoms with Crippen molar-refractivity contribution in [2.45, 2.75) is 26.3 Å². The summed E-state index contributed by atoms with van der Waals surface area (Å²) in [6, 6.07) is 6.90. The molecule has 0 saturated heterocycles. The van der Waals surface area contributed by atoms with Crippen molar-refractivity contribution in [1.29, 1.82) is 0 Å². The van der Waals surface area contributed by atoms with Crippen LogP contribution in [-0.2, 0) is 6.54 Å². The molecule has 0 saturated carbocycles. The summed E-state index contributed by atoms with van der Waals surface area (Å²) >= 11 is 0. The van der Waals surface area contributed by atoms with Crippen LogP contribution >= 0.6 is 0 Å². The Morgan fingerprint density at radius 1 is 1.40 bits per heavy atom. The number of carbonyl (C=O) groups excluding carboxylic acids is 1. The summed E-state index contributed by atoms with van der Waals surface area (Å²) in [6.45, 7) is 4.33. The predicted octanol–water partition coefficient (Wildman–Crippen LogP) is 1.51. The van der Waals surface area contributed by atoms with E-state index in [1.807, 2.05) is 13.8 Å². The molecule has 3 N–H and O–H groups in total. The van der Waals surface area contributed by atoms with Gasteiger partial charge in [-0.05, 0) is 30.2 Å². The Morgan fingerprint density at radius 2 is 2.20 bits per heavy atom. The molecule has 2 aromatic rings. The predicted molar refractivity (Wildman–Crippen MR) is 75.9 cm³/mol. The minimum absolute atomic E-state index is 0.202. The average Bonchev–Trinajstić information content (AvgIpc) is 2.45. The number of hydrogen-bond donors (Lipinski definition) is 2. The van der Waals surface area contributed by atoms with Gasteiger partial charge in [-0.25, -0.2) is 4.98 Å². The number of hydrogen-bond acceptors (Lipinski definition) is 5. The third kappa shape index (κ3) is 3.50. The van der Waals surface area contributed by atoms with E-state index in [4.69, 9.17) is 5.73 Å². The first-order chi connectivity index (χ1) is 9.56. The number of nitrogens with one attached hydrogen (secondary N) is 1. The van der Waals surface area contributed by atoms with Crippen LogP contribution in [-0.4, -0.2) is 21.1 Å². The highest BCUT2D eigenvalue weighted by molar-refractivity contribution is 5.94. The van der Waals surface area contributed by atoms with Gasteiger partial charge in [0.05, 0.1) is 12.2 Å². The molecule has 1 amide bonds. The maximum absolute atomic E-state index is 12.1. The number of amides is 1. The second-order valence-electron chi connectivity index (χ2n) is 4.76. The second-order valence-corrected chi connectivity index (χ2v) is 4.76. The summed E-state index contributed by atoms with van der Waals surface area (Å²) < 4.78 is 0. The van der Waals surface area contributed by atoms with Crippen LogP contribution in [0.3, 0.4) is 0 Å². The smallest absolute Gasteiger partial charge is 0.251 e. The highest BCUT2D eigenvalue weighted by atomic mass is 16.1. The van der Waals surface area contributed by atoms with Crippen molar-refractivity contribution in [1.82, 2.24) is 20.5 Å². The molecule has 0 aliphatic heterocycles. The maximum Gasteiger partial charge on any atom is 0.251 e. The largest absolute Gasteiger partial charge is 0.384 e. The molecule has 2 rings (SSSR count). The number of rotatable bonds is 4. The fourth-order valence-corrected chi connectivity index (χ4v) is 1.70. The van der Waals surface area contributed by atoms with E-state index in [9.17, 15) is 4.79 Å². The number of carbonyl (C=O) groups is 1. The quantitative estimate of drug-likeness (QED) is 0.879. The van der Waals surface area contributed by atoms with Crippen molar-refractivity contribution in [3.8, 4) is 0 Å². The Bertz CT molecular complexity index is 598. The van der Waals surface area contributed by atoms with Crippen molar-refractivity contribution >= 4 is 11.7 Å². The highest BCUT2D eigenvalue weighted by Gasteiger charge is 2.11. The van der Waals surface area contributed by atoms with Gasteiger partial charge in [0.25, 0.3) is 5.91 Å². The van der Waals surface area contributed by atoms with Gasteiger partial charge in [0, 0.05) is 17.5 Å². The van der Waals surface area contributed by atoms with E-state index in [0.29, 0.717) is 23.6 Å². The molecule has 6 nitrogen and oxygen atoms in total. The first kappa shape index (κ1) is 13.9. The van der Waals surface area contributed by atoms with Crippen LogP contribution in [0, 0.1) is 0 Å². The summed E-state index contributed by atoms with van der Waals surface area (Å²) in [7, 11) is 0. The van der Waals surface area contributed by atoms with E-state index >= 15 is 0 Å². The summed E-state index contributed by atoms with van der Waals surface area (Å²) in [4.78, 5) is 16.3. The molecule has 0 bridgehead atoms. The van der Waals surface area contributed by atoms with Gasteiger partial charge < -0.3 is 11.1 Å². The summed E-state index contributed by atoms with van der Waals surface area (Å²) in [5.41, 5.74) is 7.74. The minimum atomic E-state index is -0.202. The monoisotopic (exact) mass is 271 g/mol. The first-order valence-electron chi connectivity index (χ1n) is 6.38. The lowest BCUT2D eigenvalue weighted by Crippen LogP contribution is -2.24. The summed E-state index contributed by atoms with van der Waals surface area (Å²) in [5, 5.41) is 10.4. The Balaban J connectivity index is 2.09. The molecule has 0 radical (unpaired) electrons. The van der Waals surface area contributed by atoms with Gasteiger partial charge in [0.2, 0.25) is 0 Å².